The molecule has 0 amide bonds. The van der Waals surface area contributed by atoms with Crippen molar-refractivity contribution in [3.8, 4) is 0 Å². The highest BCUT2D eigenvalue weighted by Gasteiger charge is 2.12. The zero-order chi connectivity index (χ0) is 15.6. The molecule has 0 fully saturated rings. The van der Waals surface area contributed by atoms with E-state index in [1.54, 1.807) is 30.3 Å². The topological polar surface area (TPSA) is 84.5 Å². The molecule has 3 N–H and O–H groups in total. The molecule has 0 saturated carbocycles. The van der Waals surface area contributed by atoms with E-state index in [9.17, 15) is 8.42 Å². The van der Waals surface area contributed by atoms with E-state index in [2.05, 4.69) is 17.2 Å². The van der Waals surface area contributed by atoms with Gasteiger partial charge in [0.25, 0.3) is 0 Å². The van der Waals surface area contributed by atoms with Crippen LogP contribution in [0, 0.1) is 0 Å². The molecule has 0 atom stereocenters. The Balaban J connectivity index is 2.31. The van der Waals surface area contributed by atoms with Crippen molar-refractivity contribution in [1.82, 2.24) is 5.32 Å². The normalized spacial score (nSPS) is 12.3. The number of sulfone groups is 1. The number of guanidine groups is 1. The Hall–Kier alpha value is -1.56. The zero-order valence-corrected chi connectivity index (χ0v) is 13.4. The summed E-state index contributed by atoms with van der Waals surface area (Å²) in [7, 11) is -3.26. The second-order valence-electron chi connectivity index (χ2n) is 4.89. The summed E-state index contributed by atoms with van der Waals surface area (Å²) in [5.41, 5.74) is 5.70. The van der Waals surface area contributed by atoms with Gasteiger partial charge in [-0.2, -0.15) is 0 Å². The maximum absolute atomic E-state index is 12.0. The number of hydrogen-bond acceptors (Lipinski definition) is 3. The minimum atomic E-state index is -3.26. The van der Waals surface area contributed by atoms with Gasteiger partial charge in [0, 0.05) is 13.1 Å². The monoisotopic (exact) mass is 311 g/mol. The first-order valence-corrected chi connectivity index (χ1v) is 9.03. The van der Waals surface area contributed by atoms with Crippen molar-refractivity contribution in [2.24, 2.45) is 10.7 Å². The summed E-state index contributed by atoms with van der Waals surface area (Å²) in [4.78, 5) is 4.51. The number of nitrogens with two attached hydrogens (primary N) is 1. The van der Waals surface area contributed by atoms with Crippen LogP contribution >= 0.6 is 0 Å². The van der Waals surface area contributed by atoms with Crippen LogP contribution in [0.5, 0.6) is 0 Å². The lowest BCUT2D eigenvalue weighted by Crippen LogP contribution is -2.35. The minimum Gasteiger partial charge on any atom is -0.370 e. The van der Waals surface area contributed by atoms with Gasteiger partial charge in [0.05, 0.1) is 10.6 Å². The second kappa shape index (κ2) is 9.39. The van der Waals surface area contributed by atoms with Gasteiger partial charge in [-0.25, -0.2) is 8.42 Å². The molecule has 0 heterocycles. The smallest absolute Gasteiger partial charge is 0.188 e. The van der Waals surface area contributed by atoms with E-state index in [-0.39, 0.29) is 12.3 Å². The van der Waals surface area contributed by atoms with Crippen molar-refractivity contribution < 1.29 is 8.42 Å². The predicted molar refractivity (Wildman–Crippen MR) is 87.1 cm³/mol. The minimum absolute atomic E-state index is 0.00304. The molecule has 1 aromatic rings. The number of aliphatic imine (C=N–C) groups is 1. The number of hydrogen-bond donors (Lipinski definition) is 2. The fourth-order valence-electron chi connectivity index (χ4n) is 1.85. The molecule has 1 aromatic carbocycles. The van der Waals surface area contributed by atoms with Gasteiger partial charge in [-0.05, 0) is 18.6 Å². The summed E-state index contributed by atoms with van der Waals surface area (Å²) in [6.45, 7) is 3.11. The highest BCUT2D eigenvalue weighted by atomic mass is 32.2. The molecule has 0 saturated heterocycles. The first-order chi connectivity index (χ1) is 10.1. The molecular weight excluding hydrogens is 286 g/mol. The summed E-state index contributed by atoms with van der Waals surface area (Å²) >= 11 is 0. The predicted octanol–water partition coefficient (Wildman–Crippen LogP) is 1.94. The molecule has 21 heavy (non-hydrogen) atoms. The van der Waals surface area contributed by atoms with Gasteiger partial charge in [-0.1, -0.05) is 44.4 Å². The SMILES string of the molecule is CCCCCCN=C(N)NCCS(=O)(=O)c1ccccc1. The highest BCUT2D eigenvalue weighted by molar-refractivity contribution is 7.91. The Kier molecular flexibility index (Phi) is 7.82. The van der Waals surface area contributed by atoms with Gasteiger partial charge in [0.1, 0.15) is 0 Å². The van der Waals surface area contributed by atoms with E-state index in [0.29, 0.717) is 17.4 Å². The molecule has 1 rings (SSSR count). The summed E-state index contributed by atoms with van der Waals surface area (Å²) in [6.07, 6.45) is 4.56. The van der Waals surface area contributed by atoms with Crippen LogP contribution < -0.4 is 11.1 Å². The number of rotatable bonds is 9. The zero-order valence-electron chi connectivity index (χ0n) is 12.6. The molecule has 0 radical (unpaired) electrons. The van der Waals surface area contributed by atoms with Crippen LogP contribution in [0.4, 0.5) is 0 Å². The maximum Gasteiger partial charge on any atom is 0.188 e. The Bertz CT molecular complexity index is 527. The van der Waals surface area contributed by atoms with Crippen LogP contribution in [0.1, 0.15) is 32.6 Å². The first-order valence-electron chi connectivity index (χ1n) is 7.38. The van der Waals surface area contributed by atoms with Crippen LogP contribution in [-0.2, 0) is 9.84 Å². The Morgan fingerprint density at radius 1 is 1.19 bits per heavy atom. The van der Waals surface area contributed by atoms with Crippen LogP contribution in [-0.4, -0.2) is 33.2 Å². The van der Waals surface area contributed by atoms with Gasteiger partial charge in [0.2, 0.25) is 0 Å². The third-order valence-electron chi connectivity index (χ3n) is 3.07. The van der Waals surface area contributed by atoms with Crippen LogP contribution in [0.3, 0.4) is 0 Å². The quantitative estimate of drug-likeness (QED) is 0.415. The Labute approximate surface area is 127 Å². The van der Waals surface area contributed by atoms with Crippen LogP contribution in [0.25, 0.3) is 0 Å². The fourth-order valence-corrected chi connectivity index (χ4v) is 3.03. The number of unbranched alkanes of at least 4 members (excludes halogenated alkanes) is 3. The van der Waals surface area contributed by atoms with Gasteiger partial charge in [-0.15, -0.1) is 0 Å². The molecule has 118 valence electrons. The van der Waals surface area contributed by atoms with E-state index in [4.69, 9.17) is 5.73 Å². The maximum atomic E-state index is 12.0. The van der Waals surface area contributed by atoms with Crippen molar-refractivity contribution in [2.75, 3.05) is 18.8 Å². The first kappa shape index (κ1) is 17.5. The van der Waals surface area contributed by atoms with E-state index in [1.165, 1.54) is 12.8 Å². The molecule has 0 bridgehead atoms. The van der Waals surface area contributed by atoms with E-state index >= 15 is 0 Å². The molecule has 0 aliphatic heterocycles. The van der Waals surface area contributed by atoms with Gasteiger partial charge < -0.3 is 11.1 Å². The van der Waals surface area contributed by atoms with Crippen molar-refractivity contribution in [2.45, 2.75) is 37.5 Å². The molecule has 5 nitrogen and oxygen atoms in total. The summed E-state index contributed by atoms with van der Waals surface area (Å²) in [5, 5.41) is 2.85. The lowest BCUT2D eigenvalue weighted by Gasteiger charge is -2.07. The molecule has 0 unspecified atom stereocenters. The molecule has 0 spiro atoms. The van der Waals surface area contributed by atoms with Crippen LogP contribution in [0.15, 0.2) is 40.2 Å². The Morgan fingerprint density at radius 2 is 1.90 bits per heavy atom. The van der Waals surface area contributed by atoms with E-state index in [0.717, 1.165) is 12.8 Å². The van der Waals surface area contributed by atoms with Crippen molar-refractivity contribution in [3.63, 3.8) is 0 Å². The van der Waals surface area contributed by atoms with Crippen molar-refractivity contribution >= 4 is 15.8 Å². The van der Waals surface area contributed by atoms with Crippen LogP contribution in [0.2, 0.25) is 0 Å². The Morgan fingerprint density at radius 3 is 2.57 bits per heavy atom. The lowest BCUT2D eigenvalue weighted by atomic mass is 10.2. The summed E-state index contributed by atoms with van der Waals surface area (Å²) in [5.74, 6) is 0.318. The molecular formula is C15H25N3O2S. The largest absolute Gasteiger partial charge is 0.370 e. The standard InChI is InChI=1S/C15H25N3O2S/c1-2-3-4-8-11-17-15(16)18-12-13-21(19,20)14-9-6-5-7-10-14/h5-7,9-10H,2-4,8,11-13H2,1H3,(H3,16,17,18). The van der Waals surface area contributed by atoms with E-state index in [1.807, 2.05) is 0 Å². The third-order valence-corrected chi connectivity index (χ3v) is 4.81. The highest BCUT2D eigenvalue weighted by Crippen LogP contribution is 2.09. The molecule has 6 heteroatoms. The molecule has 0 aliphatic rings. The number of nitrogens with one attached hydrogen (secondary N) is 1. The summed E-state index contributed by atoms with van der Waals surface area (Å²) in [6, 6.07) is 8.42. The van der Waals surface area contributed by atoms with E-state index < -0.39 is 9.84 Å². The van der Waals surface area contributed by atoms with Gasteiger partial charge in [0.15, 0.2) is 15.8 Å². The number of benzene rings is 1. The number of nitrogens with zero attached hydrogens (tertiary/aromatic N) is 1. The fraction of sp³-hybridized carbons (Fsp3) is 0.533. The lowest BCUT2D eigenvalue weighted by molar-refractivity contribution is 0.594. The van der Waals surface area contributed by atoms with Gasteiger partial charge >= 0.3 is 0 Å². The second-order valence-corrected chi connectivity index (χ2v) is 7.00. The molecule has 0 aliphatic carbocycles. The average Bonchev–Trinajstić information content (AvgIpc) is 2.48. The summed E-state index contributed by atoms with van der Waals surface area (Å²) < 4.78 is 24.1. The average molecular weight is 311 g/mol. The van der Waals surface area contributed by atoms with Gasteiger partial charge in [-0.3, -0.25) is 4.99 Å². The van der Waals surface area contributed by atoms with Crippen molar-refractivity contribution in [1.29, 1.82) is 0 Å². The third kappa shape index (κ3) is 7.13. The molecule has 0 aromatic heterocycles. The van der Waals surface area contributed by atoms with Crippen molar-refractivity contribution in [3.05, 3.63) is 30.3 Å².